The maximum absolute atomic E-state index is 11.9. The number of aromatic amines is 2. The quantitative estimate of drug-likeness (QED) is 0.772. The molecule has 5 heteroatoms. The van der Waals surface area contributed by atoms with Crippen molar-refractivity contribution in [2.75, 3.05) is 7.11 Å². The van der Waals surface area contributed by atoms with Crippen LogP contribution in [0.15, 0.2) is 59.4 Å². The summed E-state index contributed by atoms with van der Waals surface area (Å²) < 4.78 is 10.8. The maximum atomic E-state index is 11.9. The van der Waals surface area contributed by atoms with Gasteiger partial charge in [0.15, 0.2) is 0 Å². The van der Waals surface area contributed by atoms with E-state index in [-0.39, 0.29) is 11.3 Å². The monoisotopic (exact) mass is 282 g/mol. The average Bonchev–Trinajstić information content (AvgIpc) is 2.90. The predicted molar refractivity (Wildman–Crippen MR) is 79.9 cm³/mol. The lowest BCUT2D eigenvalue weighted by Crippen LogP contribution is -2.02. The molecule has 0 saturated carbocycles. The summed E-state index contributed by atoms with van der Waals surface area (Å²) in [5, 5.41) is 5.39. The Kier molecular flexibility index (Phi) is 3.47. The van der Waals surface area contributed by atoms with Crippen molar-refractivity contribution in [1.82, 2.24) is 10.2 Å². The van der Waals surface area contributed by atoms with Gasteiger partial charge in [0, 0.05) is 5.56 Å². The van der Waals surface area contributed by atoms with Gasteiger partial charge in [-0.2, -0.15) is 0 Å². The van der Waals surface area contributed by atoms with Crippen molar-refractivity contribution in [3.05, 3.63) is 65.0 Å². The molecule has 0 atom stereocenters. The Morgan fingerprint density at radius 2 is 1.57 bits per heavy atom. The molecule has 0 radical (unpaired) electrons. The van der Waals surface area contributed by atoms with Crippen LogP contribution in [0.3, 0.4) is 0 Å². The molecule has 106 valence electrons. The van der Waals surface area contributed by atoms with E-state index in [9.17, 15) is 4.79 Å². The van der Waals surface area contributed by atoms with Crippen LogP contribution >= 0.6 is 0 Å². The van der Waals surface area contributed by atoms with Crippen molar-refractivity contribution in [2.45, 2.75) is 0 Å². The van der Waals surface area contributed by atoms with E-state index in [1.165, 1.54) is 0 Å². The molecule has 3 rings (SSSR count). The van der Waals surface area contributed by atoms with Crippen LogP contribution in [-0.4, -0.2) is 17.3 Å². The van der Waals surface area contributed by atoms with Gasteiger partial charge in [0.05, 0.1) is 7.11 Å². The second kappa shape index (κ2) is 5.58. The molecule has 0 spiro atoms. The zero-order valence-corrected chi connectivity index (χ0v) is 11.4. The number of hydrogen-bond acceptors (Lipinski definition) is 3. The van der Waals surface area contributed by atoms with Crippen LogP contribution in [0.25, 0.3) is 11.3 Å². The van der Waals surface area contributed by atoms with Crippen LogP contribution in [0.1, 0.15) is 0 Å². The normalized spacial score (nSPS) is 10.3. The summed E-state index contributed by atoms with van der Waals surface area (Å²) in [6.45, 7) is 0. The molecule has 1 aromatic heterocycles. The summed E-state index contributed by atoms with van der Waals surface area (Å²) in [6, 6.07) is 16.5. The van der Waals surface area contributed by atoms with E-state index < -0.39 is 0 Å². The Morgan fingerprint density at radius 1 is 0.857 bits per heavy atom. The fourth-order valence-electron chi connectivity index (χ4n) is 2.01. The molecular weight excluding hydrogens is 268 g/mol. The molecule has 0 bridgehead atoms. The zero-order valence-electron chi connectivity index (χ0n) is 11.4. The molecule has 3 aromatic rings. The van der Waals surface area contributed by atoms with Gasteiger partial charge in [0.2, 0.25) is 5.75 Å². The average molecular weight is 282 g/mol. The molecule has 0 fully saturated rings. The van der Waals surface area contributed by atoms with Gasteiger partial charge >= 0.3 is 5.56 Å². The zero-order chi connectivity index (χ0) is 14.7. The molecule has 2 aromatic carbocycles. The summed E-state index contributed by atoms with van der Waals surface area (Å²) in [5.41, 5.74) is 1.14. The van der Waals surface area contributed by atoms with Gasteiger partial charge in [-0.3, -0.25) is 15.0 Å². The fraction of sp³-hybridized carbons (Fsp3) is 0.0625. The first-order chi connectivity index (χ1) is 10.3. The number of aromatic nitrogens is 2. The fourth-order valence-corrected chi connectivity index (χ4v) is 2.01. The number of nitrogens with one attached hydrogen (secondary N) is 2. The van der Waals surface area contributed by atoms with Crippen LogP contribution in [0.5, 0.6) is 17.2 Å². The van der Waals surface area contributed by atoms with Crippen LogP contribution in [0, 0.1) is 0 Å². The molecule has 0 aliphatic heterocycles. The molecule has 0 saturated heterocycles. The van der Waals surface area contributed by atoms with Gasteiger partial charge in [0.25, 0.3) is 0 Å². The Labute approximate surface area is 121 Å². The molecular formula is C16H14N2O3. The lowest BCUT2D eigenvalue weighted by atomic mass is 10.1. The van der Waals surface area contributed by atoms with Crippen LogP contribution in [-0.2, 0) is 0 Å². The van der Waals surface area contributed by atoms with E-state index in [2.05, 4.69) is 10.2 Å². The lowest BCUT2D eigenvalue weighted by molar-refractivity contribution is 0.415. The number of rotatable bonds is 4. The van der Waals surface area contributed by atoms with Gasteiger partial charge in [-0.1, -0.05) is 18.2 Å². The summed E-state index contributed by atoms with van der Waals surface area (Å²) in [7, 11) is 1.61. The highest BCUT2D eigenvalue weighted by Crippen LogP contribution is 2.29. The van der Waals surface area contributed by atoms with E-state index in [4.69, 9.17) is 9.47 Å². The Bertz CT molecular complexity index is 773. The second-order valence-corrected chi connectivity index (χ2v) is 4.43. The van der Waals surface area contributed by atoms with Crippen molar-refractivity contribution in [1.29, 1.82) is 0 Å². The molecule has 0 aliphatic carbocycles. The summed E-state index contributed by atoms with van der Waals surface area (Å²) in [4.78, 5) is 11.9. The minimum Gasteiger partial charge on any atom is -0.497 e. The molecule has 2 N–H and O–H groups in total. The highest BCUT2D eigenvalue weighted by Gasteiger charge is 2.14. The first-order valence-electron chi connectivity index (χ1n) is 6.46. The first-order valence-corrected chi connectivity index (χ1v) is 6.46. The molecule has 0 unspecified atom stereocenters. The van der Waals surface area contributed by atoms with E-state index in [1.807, 2.05) is 42.5 Å². The SMILES string of the molecule is COc1ccc(-c2[nH][nH]c(=O)c2Oc2ccccc2)cc1. The third-order valence-electron chi connectivity index (χ3n) is 3.08. The summed E-state index contributed by atoms with van der Waals surface area (Å²) in [6.07, 6.45) is 0. The number of H-pyrrole nitrogens is 2. The highest BCUT2D eigenvalue weighted by molar-refractivity contribution is 5.66. The number of ether oxygens (including phenoxy) is 2. The van der Waals surface area contributed by atoms with Crippen LogP contribution < -0.4 is 15.0 Å². The number of methoxy groups -OCH3 is 1. The molecule has 1 heterocycles. The molecule has 5 nitrogen and oxygen atoms in total. The van der Waals surface area contributed by atoms with Crippen molar-refractivity contribution in [2.24, 2.45) is 0 Å². The largest absolute Gasteiger partial charge is 0.497 e. The Morgan fingerprint density at radius 3 is 2.24 bits per heavy atom. The summed E-state index contributed by atoms with van der Waals surface area (Å²) >= 11 is 0. The third-order valence-corrected chi connectivity index (χ3v) is 3.08. The lowest BCUT2D eigenvalue weighted by Gasteiger charge is -2.06. The first kappa shape index (κ1) is 13.1. The second-order valence-electron chi connectivity index (χ2n) is 4.43. The standard InChI is InChI=1S/C16H14N2O3/c1-20-12-9-7-11(8-10-12)14-15(16(19)18-17-14)21-13-5-3-2-4-6-13/h2-10H,1H3,(H2,17,18,19). The van der Waals surface area contributed by atoms with E-state index in [0.717, 1.165) is 11.3 Å². The highest BCUT2D eigenvalue weighted by atomic mass is 16.5. The van der Waals surface area contributed by atoms with Crippen molar-refractivity contribution < 1.29 is 9.47 Å². The van der Waals surface area contributed by atoms with E-state index in [1.54, 1.807) is 19.2 Å². The van der Waals surface area contributed by atoms with Gasteiger partial charge in [-0.15, -0.1) is 0 Å². The minimum atomic E-state index is -0.301. The van der Waals surface area contributed by atoms with Gasteiger partial charge < -0.3 is 9.47 Å². The third kappa shape index (κ3) is 2.67. The number of hydrogen-bond donors (Lipinski definition) is 2. The van der Waals surface area contributed by atoms with Crippen molar-refractivity contribution >= 4 is 0 Å². The molecule has 0 aliphatic rings. The van der Waals surface area contributed by atoms with E-state index >= 15 is 0 Å². The minimum absolute atomic E-state index is 0.242. The van der Waals surface area contributed by atoms with Gasteiger partial charge in [0.1, 0.15) is 17.2 Å². The van der Waals surface area contributed by atoms with E-state index in [0.29, 0.717) is 11.4 Å². The number of benzene rings is 2. The molecule has 21 heavy (non-hydrogen) atoms. The topological polar surface area (TPSA) is 67.1 Å². The van der Waals surface area contributed by atoms with Crippen LogP contribution in [0.2, 0.25) is 0 Å². The molecule has 0 amide bonds. The number of para-hydroxylation sites is 1. The Hall–Kier alpha value is -2.95. The smallest absolute Gasteiger partial charge is 0.307 e. The predicted octanol–water partition coefficient (Wildman–Crippen LogP) is 3.17. The summed E-state index contributed by atoms with van der Waals surface area (Å²) in [5.74, 6) is 1.60. The van der Waals surface area contributed by atoms with Crippen molar-refractivity contribution in [3.8, 4) is 28.5 Å². The van der Waals surface area contributed by atoms with Gasteiger partial charge in [-0.05, 0) is 36.4 Å². The van der Waals surface area contributed by atoms with Gasteiger partial charge in [-0.25, -0.2) is 0 Å². The maximum Gasteiger partial charge on any atom is 0.307 e. The Balaban J connectivity index is 1.98. The van der Waals surface area contributed by atoms with Crippen LogP contribution in [0.4, 0.5) is 0 Å². The van der Waals surface area contributed by atoms with Crippen molar-refractivity contribution in [3.63, 3.8) is 0 Å².